The van der Waals surface area contributed by atoms with E-state index in [9.17, 15) is 8.78 Å². The molecule has 1 aromatic carbocycles. The van der Waals surface area contributed by atoms with E-state index in [0.717, 1.165) is 6.54 Å². The number of nitrogens with one attached hydrogen (secondary N) is 1. The third-order valence-corrected chi connectivity index (χ3v) is 4.26. The van der Waals surface area contributed by atoms with Gasteiger partial charge in [-0.15, -0.1) is 0 Å². The molecule has 0 amide bonds. The van der Waals surface area contributed by atoms with Crippen LogP contribution >= 0.6 is 0 Å². The van der Waals surface area contributed by atoms with Crippen molar-refractivity contribution >= 4 is 0 Å². The van der Waals surface area contributed by atoms with E-state index in [4.69, 9.17) is 0 Å². The van der Waals surface area contributed by atoms with E-state index in [-0.39, 0.29) is 12.1 Å². The second-order valence-electron chi connectivity index (χ2n) is 5.33. The fourth-order valence-corrected chi connectivity index (χ4v) is 3.13. The van der Waals surface area contributed by atoms with Crippen LogP contribution in [0.15, 0.2) is 18.2 Å². The van der Waals surface area contributed by atoms with Gasteiger partial charge in [-0.1, -0.05) is 6.07 Å². The Bertz CT molecular complexity index is 408. The quantitative estimate of drug-likeness (QED) is 0.886. The molecular weight excluding hydrogens is 234 g/mol. The van der Waals surface area contributed by atoms with Crippen LogP contribution in [0.5, 0.6) is 0 Å². The Hall–Kier alpha value is -1.00. The Morgan fingerprint density at radius 3 is 2.39 bits per heavy atom. The molecule has 3 fully saturated rings. The van der Waals surface area contributed by atoms with Gasteiger partial charge in [0.1, 0.15) is 11.6 Å². The topological polar surface area (TPSA) is 15.3 Å². The van der Waals surface area contributed by atoms with Gasteiger partial charge in [-0.25, -0.2) is 8.78 Å². The third kappa shape index (κ3) is 2.27. The van der Waals surface area contributed by atoms with E-state index in [1.807, 2.05) is 0 Å². The maximum Gasteiger partial charge on any atom is 0.130 e. The van der Waals surface area contributed by atoms with Crippen LogP contribution in [-0.2, 0) is 6.54 Å². The van der Waals surface area contributed by atoms with Crippen molar-refractivity contribution in [3.63, 3.8) is 0 Å². The van der Waals surface area contributed by atoms with Gasteiger partial charge in [0.15, 0.2) is 0 Å². The van der Waals surface area contributed by atoms with Crippen LogP contribution in [0, 0.1) is 17.6 Å². The molecular formula is C14H18F2N2. The minimum Gasteiger partial charge on any atom is -0.308 e. The predicted molar refractivity (Wildman–Crippen MR) is 66.1 cm³/mol. The minimum absolute atomic E-state index is 0.161. The Morgan fingerprint density at radius 1 is 1.17 bits per heavy atom. The first-order valence-electron chi connectivity index (χ1n) is 6.62. The third-order valence-electron chi connectivity index (χ3n) is 4.26. The molecule has 4 heteroatoms. The number of benzene rings is 1. The second-order valence-corrected chi connectivity index (χ2v) is 5.33. The second kappa shape index (κ2) is 4.94. The zero-order chi connectivity index (χ0) is 12.5. The number of hydrogen-bond acceptors (Lipinski definition) is 2. The Kier molecular flexibility index (Phi) is 3.31. The van der Waals surface area contributed by atoms with Crippen molar-refractivity contribution in [3.8, 4) is 0 Å². The predicted octanol–water partition coefficient (Wildman–Crippen LogP) is 2.15. The van der Waals surface area contributed by atoms with Crippen LogP contribution in [0.25, 0.3) is 0 Å². The molecule has 1 atom stereocenters. The maximum absolute atomic E-state index is 13.5. The molecule has 98 valence electrons. The van der Waals surface area contributed by atoms with Crippen LogP contribution in [-0.4, -0.2) is 30.6 Å². The highest BCUT2D eigenvalue weighted by Crippen LogP contribution is 2.27. The summed E-state index contributed by atoms with van der Waals surface area (Å²) >= 11 is 0. The van der Waals surface area contributed by atoms with Gasteiger partial charge in [0.2, 0.25) is 0 Å². The van der Waals surface area contributed by atoms with Crippen LogP contribution in [0.4, 0.5) is 8.78 Å². The van der Waals surface area contributed by atoms with Crippen molar-refractivity contribution in [2.75, 3.05) is 19.6 Å². The van der Waals surface area contributed by atoms with Gasteiger partial charge in [0.05, 0.1) is 0 Å². The van der Waals surface area contributed by atoms with Crippen molar-refractivity contribution in [1.82, 2.24) is 10.2 Å². The first-order valence-corrected chi connectivity index (χ1v) is 6.62. The molecule has 0 radical (unpaired) electrons. The highest BCUT2D eigenvalue weighted by Gasteiger charge is 2.33. The summed E-state index contributed by atoms with van der Waals surface area (Å²) in [6.45, 7) is 3.65. The molecule has 1 N–H and O–H groups in total. The summed E-state index contributed by atoms with van der Waals surface area (Å²) in [6.07, 6.45) is 2.41. The molecule has 2 bridgehead atoms. The molecule has 3 saturated heterocycles. The molecule has 0 aliphatic carbocycles. The van der Waals surface area contributed by atoms with E-state index in [2.05, 4.69) is 10.2 Å². The fraction of sp³-hybridized carbons (Fsp3) is 0.571. The zero-order valence-electron chi connectivity index (χ0n) is 10.3. The molecule has 3 aliphatic rings. The monoisotopic (exact) mass is 252 g/mol. The molecule has 1 unspecified atom stereocenters. The highest BCUT2D eigenvalue weighted by atomic mass is 19.1. The maximum atomic E-state index is 13.5. The summed E-state index contributed by atoms with van der Waals surface area (Å²) < 4.78 is 27.0. The van der Waals surface area contributed by atoms with Crippen molar-refractivity contribution in [2.45, 2.75) is 25.4 Å². The Labute approximate surface area is 106 Å². The smallest absolute Gasteiger partial charge is 0.130 e. The van der Waals surface area contributed by atoms with Crippen molar-refractivity contribution < 1.29 is 8.78 Å². The zero-order valence-corrected chi connectivity index (χ0v) is 10.3. The van der Waals surface area contributed by atoms with Gasteiger partial charge in [-0.05, 0) is 44.0 Å². The van der Waals surface area contributed by atoms with E-state index in [0.29, 0.717) is 12.0 Å². The number of nitrogens with zero attached hydrogens (tertiary/aromatic N) is 1. The van der Waals surface area contributed by atoms with E-state index >= 15 is 0 Å². The van der Waals surface area contributed by atoms with Crippen LogP contribution in [0.3, 0.4) is 0 Å². The standard InChI is InChI=1S/C14H18F2N2/c15-12-2-1-3-13(16)11(12)8-17-14-9-18-6-4-10(14)5-7-18/h1-3,10,14,17H,4-9H2. The van der Waals surface area contributed by atoms with Crippen LogP contribution in [0.1, 0.15) is 18.4 Å². The van der Waals surface area contributed by atoms with Crippen LogP contribution < -0.4 is 5.32 Å². The lowest BCUT2D eigenvalue weighted by Crippen LogP contribution is -2.55. The molecule has 2 nitrogen and oxygen atoms in total. The first kappa shape index (κ1) is 12.1. The number of fused-ring (bicyclic) bond motifs is 3. The molecule has 4 rings (SSSR count). The SMILES string of the molecule is Fc1cccc(F)c1CNC1CN2CCC1CC2. The molecule has 1 aromatic rings. The lowest BCUT2D eigenvalue weighted by Gasteiger charge is -2.45. The van der Waals surface area contributed by atoms with E-state index in [1.54, 1.807) is 0 Å². The van der Waals surface area contributed by atoms with Crippen molar-refractivity contribution in [2.24, 2.45) is 5.92 Å². The summed E-state index contributed by atoms with van der Waals surface area (Å²) in [6, 6.07) is 4.42. The first-order chi connectivity index (χ1) is 8.74. The highest BCUT2D eigenvalue weighted by molar-refractivity contribution is 5.19. The summed E-state index contributed by atoms with van der Waals surface area (Å²) in [7, 11) is 0. The summed E-state index contributed by atoms with van der Waals surface area (Å²) in [4.78, 5) is 2.43. The number of halogens is 2. The Balaban J connectivity index is 1.64. The molecule has 18 heavy (non-hydrogen) atoms. The number of rotatable bonds is 3. The van der Waals surface area contributed by atoms with Crippen molar-refractivity contribution in [1.29, 1.82) is 0 Å². The Morgan fingerprint density at radius 2 is 1.83 bits per heavy atom. The fourth-order valence-electron chi connectivity index (χ4n) is 3.13. The van der Waals surface area contributed by atoms with Crippen molar-refractivity contribution in [3.05, 3.63) is 35.4 Å². The average molecular weight is 252 g/mol. The summed E-state index contributed by atoms with van der Waals surface area (Å²) in [5.41, 5.74) is 0.161. The molecule has 0 saturated carbocycles. The van der Waals surface area contributed by atoms with Gasteiger partial charge in [-0.2, -0.15) is 0 Å². The van der Waals surface area contributed by atoms with Gasteiger partial charge in [0.25, 0.3) is 0 Å². The summed E-state index contributed by atoms with van der Waals surface area (Å²) in [5.74, 6) is -0.239. The van der Waals surface area contributed by atoms with E-state index < -0.39 is 11.6 Å². The molecule has 3 aliphatic heterocycles. The lowest BCUT2D eigenvalue weighted by molar-refractivity contribution is 0.0717. The van der Waals surface area contributed by atoms with E-state index in [1.165, 1.54) is 44.1 Å². The number of hydrogen-bond donors (Lipinski definition) is 1. The average Bonchev–Trinajstić information content (AvgIpc) is 2.39. The summed E-state index contributed by atoms with van der Waals surface area (Å²) in [5, 5.41) is 3.33. The largest absolute Gasteiger partial charge is 0.308 e. The molecule has 3 heterocycles. The lowest BCUT2D eigenvalue weighted by atomic mass is 9.84. The number of piperidine rings is 3. The minimum atomic E-state index is -0.455. The molecule has 0 aromatic heterocycles. The van der Waals surface area contributed by atoms with Gasteiger partial charge >= 0.3 is 0 Å². The van der Waals surface area contributed by atoms with Gasteiger partial charge in [-0.3, -0.25) is 0 Å². The molecule has 0 spiro atoms. The van der Waals surface area contributed by atoms with Gasteiger partial charge < -0.3 is 10.2 Å². The normalized spacial score (nSPS) is 30.7. The van der Waals surface area contributed by atoms with Crippen LogP contribution in [0.2, 0.25) is 0 Å². The van der Waals surface area contributed by atoms with Gasteiger partial charge in [0, 0.05) is 24.7 Å².